The maximum Gasteiger partial charge on any atom is 0.356 e. The number of ether oxygens (including phenoxy) is 1. The number of alkyl halides is 1. The molecule has 0 spiro atoms. The fraction of sp³-hybridized carbons (Fsp3) is 0.182. The smallest absolute Gasteiger partial charge is 0.356 e. The van der Waals surface area contributed by atoms with Crippen LogP contribution in [0.3, 0.4) is 0 Å². The molecule has 2 unspecified atom stereocenters. The van der Waals surface area contributed by atoms with Crippen LogP contribution in [-0.4, -0.2) is 62.4 Å². The van der Waals surface area contributed by atoms with Crippen LogP contribution in [0.15, 0.2) is 95.7 Å². The summed E-state index contributed by atoms with van der Waals surface area (Å²) in [5, 5.41) is 5.99. The highest BCUT2D eigenvalue weighted by Gasteiger charge is 2.55. The number of rotatable bonds is 11. The second kappa shape index (κ2) is 15.4. The number of aromatic nitrogens is 1. The number of amides is 3. The van der Waals surface area contributed by atoms with Crippen molar-refractivity contribution < 1.29 is 23.9 Å². The number of thioether (sulfide) groups is 2. The van der Waals surface area contributed by atoms with E-state index in [-0.39, 0.29) is 23.2 Å². The maximum atomic E-state index is 14.2. The predicted octanol–water partition coefficient (Wildman–Crippen LogP) is 6.86. The summed E-state index contributed by atoms with van der Waals surface area (Å²) >= 11 is 21.6. The van der Waals surface area contributed by atoms with Crippen LogP contribution in [0.1, 0.15) is 22.1 Å². The third kappa shape index (κ3) is 7.54. The molecule has 1 fully saturated rings. The van der Waals surface area contributed by atoms with Gasteiger partial charge in [-0.05, 0) is 29.3 Å². The second-order valence-electron chi connectivity index (χ2n) is 10.5. The van der Waals surface area contributed by atoms with Crippen LogP contribution in [-0.2, 0) is 23.9 Å². The lowest BCUT2D eigenvalue weighted by atomic mass is 10.0. The van der Waals surface area contributed by atoms with Gasteiger partial charge in [-0.15, -0.1) is 35.1 Å². The van der Waals surface area contributed by atoms with Gasteiger partial charge in [0.25, 0.3) is 5.91 Å². The Morgan fingerprint density at radius 3 is 2.31 bits per heavy atom. The van der Waals surface area contributed by atoms with E-state index in [9.17, 15) is 19.2 Å². The number of nitrogens with zero attached hydrogens (tertiary/aromatic N) is 2. The van der Waals surface area contributed by atoms with Gasteiger partial charge in [0.1, 0.15) is 23.0 Å². The molecule has 0 saturated carbocycles. The Labute approximate surface area is 303 Å². The molecule has 3 heterocycles. The molecule has 6 rings (SSSR count). The zero-order valence-electron chi connectivity index (χ0n) is 24.7. The average Bonchev–Trinajstić information content (AvgIpc) is 3.57. The van der Waals surface area contributed by atoms with Crippen molar-refractivity contribution in [3.05, 3.63) is 117 Å². The number of benzene rings is 3. The summed E-state index contributed by atoms with van der Waals surface area (Å²) in [5.41, 5.74) is 2.10. The third-order valence-corrected chi connectivity index (χ3v) is 11.6. The lowest BCUT2D eigenvalue weighted by molar-refractivity contribution is -0.154. The van der Waals surface area contributed by atoms with Crippen molar-refractivity contribution in [2.75, 3.05) is 22.7 Å². The van der Waals surface area contributed by atoms with E-state index in [0.29, 0.717) is 31.4 Å². The van der Waals surface area contributed by atoms with Crippen LogP contribution in [0.25, 0.3) is 5.57 Å². The van der Waals surface area contributed by atoms with E-state index in [0.717, 1.165) is 27.4 Å². The minimum Gasteiger partial charge on any atom is -0.448 e. The molecule has 3 amide bonds. The van der Waals surface area contributed by atoms with E-state index >= 15 is 0 Å². The Balaban J connectivity index is 1.27. The van der Waals surface area contributed by atoms with E-state index in [2.05, 4.69) is 15.6 Å². The first kappa shape index (κ1) is 34.3. The summed E-state index contributed by atoms with van der Waals surface area (Å²) in [4.78, 5) is 59.8. The molecule has 3 aromatic carbocycles. The molecular weight excluding hydrogens is 735 g/mol. The van der Waals surface area contributed by atoms with Gasteiger partial charge >= 0.3 is 5.97 Å². The van der Waals surface area contributed by atoms with Gasteiger partial charge in [-0.3, -0.25) is 19.3 Å². The van der Waals surface area contributed by atoms with E-state index in [1.807, 2.05) is 60.7 Å². The van der Waals surface area contributed by atoms with E-state index in [1.165, 1.54) is 34.6 Å². The minimum atomic E-state index is -0.847. The number of esters is 1. The third-order valence-electron chi connectivity index (χ3n) is 7.34. The van der Waals surface area contributed by atoms with E-state index in [1.54, 1.807) is 18.2 Å². The van der Waals surface area contributed by atoms with Gasteiger partial charge in [0.15, 0.2) is 11.2 Å². The molecule has 246 valence electrons. The van der Waals surface area contributed by atoms with Crippen molar-refractivity contribution >= 4 is 104 Å². The van der Waals surface area contributed by atoms with Crippen molar-refractivity contribution in [2.24, 2.45) is 0 Å². The Bertz CT molecular complexity index is 1850. The molecular formula is C33H25Cl3N4O5S3. The molecule has 1 saturated heterocycles. The molecule has 2 aliphatic rings. The first-order valence-corrected chi connectivity index (χ1v) is 18.6. The monoisotopic (exact) mass is 758 g/mol. The number of nitrogens with one attached hydrogen (secondary N) is 2. The number of halogens is 3. The van der Waals surface area contributed by atoms with Crippen LogP contribution in [0.2, 0.25) is 10.0 Å². The molecule has 1 aromatic heterocycles. The first-order valence-electron chi connectivity index (χ1n) is 14.4. The Morgan fingerprint density at radius 1 is 0.979 bits per heavy atom. The van der Waals surface area contributed by atoms with Gasteiger partial charge in [0, 0.05) is 22.4 Å². The fourth-order valence-corrected chi connectivity index (χ4v) is 8.61. The summed E-state index contributed by atoms with van der Waals surface area (Å²) in [6.07, 6.45) is 0.778. The number of β-lactam (4-membered cyclic amide) rings is 1. The van der Waals surface area contributed by atoms with Crippen molar-refractivity contribution in [3.63, 3.8) is 0 Å². The molecule has 2 N–H and O–H groups in total. The second-order valence-corrected chi connectivity index (χ2v) is 14.7. The van der Waals surface area contributed by atoms with Gasteiger partial charge in [0.05, 0.1) is 20.7 Å². The Kier molecular flexibility index (Phi) is 11.0. The molecule has 4 aromatic rings. The highest BCUT2D eigenvalue weighted by Crippen LogP contribution is 2.45. The SMILES string of the molecule is O=C(CCl)Nc1ncc(C2=C(C(=O)OC(c3ccccc3)c3ccccc3)N3C(=O)C(NC(=O)CSc4ccc(Cl)c(Cl)c4)C3SC2)s1. The zero-order valence-corrected chi connectivity index (χ0v) is 29.4. The number of carbonyl (C=O) groups is 4. The number of hydrogen-bond acceptors (Lipinski definition) is 9. The number of hydrogen-bond donors (Lipinski definition) is 2. The molecule has 2 aliphatic heterocycles. The predicted molar refractivity (Wildman–Crippen MR) is 191 cm³/mol. The highest BCUT2D eigenvalue weighted by atomic mass is 35.5. The molecule has 0 aliphatic carbocycles. The Morgan fingerprint density at radius 2 is 1.67 bits per heavy atom. The van der Waals surface area contributed by atoms with Gasteiger partial charge in [-0.1, -0.05) is 95.2 Å². The lowest BCUT2D eigenvalue weighted by Gasteiger charge is -2.49. The van der Waals surface area contributed by atoms with Crippen LogP contribution in [0, 0.1) is 0 Å². The van der Waals surface area contributed by atoms with E-state index < -0.39 is 35.3 Å². The van der Waals surface area contributed by atoms with Crippen molar-refractivity contribution in [1.29, 1.82) is 0 Å². The first-order chi connectivity index (χ1) is 23.2. The lowest BCUT2D eigenvalue weighted by Crippen LogP contribution is -2.70. The van der Waals surface area contributed by atoms with Gasteiger partial charge < -0.3 is 15.4 Å². The van der Waals surface area contributed by atoms with Gasteiger partial charge in [0.2, 0.25) is 11.8 Å². The molecule has 15 heteroatoms. The van der Waals surface area contributed by atoms with Crippen LogP contribution < -0.4 is 10.6 Å². The number of thiazole rings is 1. The molecule has 48 heavy (non-hydrogen) atoms. The van der Waals surface area contributed by atoms with Crippen LogP contribution >= 0.6 is 69.7 Å². The molecule has 0 bridgehead atoms. The standard InChI is InChI=1S/C33H25Cl3N4O5S3/c34-14-25(41)39-33-37-15-24(48-33)21-16-47-31-27(38-26(42)17-46-20-11-12-22(35)23(36)13-20)30(43)40(31)28(21)32(44)45-29(18-7-3-1-4-8-18)19-9-5-2-6-10-19/h1-13,15,27,29,31H,14,16-17H2,(H,38,42)(H,37,39,41). The number of carbonyl (C=O) groups excluding carboxylic acids is 4. The maximum absolute atomic E-state index is 14.2. The molecule has 9 nitrogen and oxygen atoms in total. The largest absolute Gasteiger partial charge is 0.448 e. The van der Waals surface area contributed by atoms with Crippen molar-refractivity contribution in [2.45, 2.75) is 22.4 Å². The Hall–Kier alpha value is -3.52. The van der Waals surface area contributed by atoms with Crippen molar-refractivity contribution in [3.8, 4) is 0 Å². The normalized spacial score (nSPS) is 17.1. The summed E-state index contributed by atoms with van der Waals surface area (Å²) in [5.74, 6) is -1.81. The van der Waals surface area contributed by atoms with Crippen LogP contribution in [0.4, 0.5) is 5.13 Å². The summed E-state index contributed by atoms with van der Waals surface area (Å²) in [6, 6.07) is 22.9. The molecule has 2 atom stereocenters. The number of fused-ring (bicyclic) bond motifs is 1. The fourth-order valence-electron chi connectivity index (χ4n) is 5.10. The average molecular weight is 760 g/mol. The summed E-state index contributed by atoms with van der Waals surface area (Å²) in [7, 11) is 0. The quantitative estimate of drug-likeness (QED) is 0.0738. The number of anilines is 1. The highest BCUT2D eigenvalue weighted by molar-refractivity contribution is 8.00. The summed E-state index contributed by atoms with van der Waals surface area (Å²) in [6.45, 7) is 0. The summed E-state index contributed by atoms with van der Waals surface area (Å²) < 4.78 is 6.21. The van der Waals surface area contributed by atoms with Crippen molar-refractivity contribution in [1.82, 2.24) is 15.2 Å². The van der Waals surface area contributed by atoms with Gasteiger partial charge in [-0.25, -0.2) is 9.78 Å². The topological polar surface area (TPSA) is 118 Å². The zero-order chi connectivity index (χ0) is 33.8. The van der Waals surface area contributed by atoms with Gasteiger partial charge in [-0.2, -0.15) is 0 Å². The molecule has 0 radical (unpaired) electrons. The van der Waals surface area contributed by atoms with E-state index in [4.69, 9.17) is 39.5 Å². The van der Waals surface area contributed by atoms with Crippen LogP contribution in [0.5, 0.6) is 0 Å². The minimum absolute atomic E-state index is 0.0443.